The number of amides is 2. The molecule has 1 aromatic heterocycles. The van der Waals surface area contributed by atoms with Crippen molar-refractivity contribution in [2.45, 2.75) is 12.5 Å². The predicted octanol–water partition coefficient (Wildman–Crippen LogP) is 4.18. The van der Waals surface area contributed by atoms with Gasteiger partial charge >= 0.3 is 6.03 Å². The molecule has 0 saturated carbocycles. The number of likely N-dealkylation sites (tertiary alicyclic amines) is 1. The van der Waals surface area contributed by atoms with Gasteiger partial charge in [0.25, 0.3) is 0 Å². The summed E-state index contributed by atoms with van der Waals surface area (Å²) in [5.74, 6) is 0.735. The summed E-state index contributed by atoms with van der Waals surface area (Å²) < 4.78 is 6.73. The molecule has 2 aromatic rings. The Labute approximate surface area is 147 Å². The third-order valence-electron chi connectivity index (χ3n) is 3.58. The van der Waals surface area contributed by atoms with Crippen molar-refractivity contribution in [1.29, 1.82) is 0 Å². The average molecular weight is 397 g/mol. The molecule has 1 saturated heterocycles. The summed E-state index contributed by atoms with van der Waals surface area (Å²) >= 11 is 9.46. The molecule has 23 heavy (non-hydrogen) atoms. The van der Waals surface area contributed by atoms with Crippen molar-refractivity contribution in [3.8, 4) is 5.75 Å². The predicted molar refractivity (Wildman–Crippen MR) is 93.0 cm³/mol. The third-order valence-corrected chi connectivity index (χ3v) is 4.50. The molecule has 1 aliphatic rings. The molecule has 1 unspecified atom stereocenters. The lowest BCUT2D eigenvalue weighted by Gasteiger charge is -2.18. The van der Waals surface area contributed by atoms with Crippen LogP contribution in [0, 0.1) is 0 Å². The lowest BCUT2D eigenvalue weighted by molar-refractivity contribution is 0.194. The van der Waals surface area contributed by atoms with Gasteiger partial charge in [-0.05, 0) is 34.1 Å². The second-order valence-corrected chi connectivity index (χ2v) is 6.45. The zero-order chi connectivity index (χ0) is 16.2. The van der Waals surface area contributed by atoms with Crippen molar-refractivity contribution in [2.75, 3.05) is 18.4 Å². The summed E-state index contributed by atoms with van der Waals surface area (Å²) in [6.45, 7) is 1.18. The Bertz CT molecular complexity index is 713. The van der Waals surface area contributed by atoms with Gasteiger partial charge in [-0.2, -0.15) is 0 Å². The number of carbonyl (C=O) groups is 1. The van der Waals surface area contributed by atoms with Crippen molar-refractivity contribution >= 4 is 39.2 Å². The van der Waals surface area contributed by atoms with E-state index in [1.54, 1.807) is 35.5 Å². The van der Waals surface area contributed by atoms with E-state index in [1.807, 2.05) is 12.1 Å². The maximum absolute atomic E-state index is 12.3. The number of rotatable bonds is 3. The lowest BCUT2D eigenvalue weighted by Crippen LogP contribution is -2.34. The molecule has 1 aliphatic heterocycles. The summed E-state index contributed by atoms with van der Waals surface area (Å²) in [6, 6.07) is 8.81. The number of hydrogen-bond donors (Lipinski definition) is 1. The molecule has 1 N–H and O–H groups in total. The molecule has 1 fully saturated rings. The summed E-state index contributed by atoms with van der Waals surface area (Å²) in [6.07, 6.45) is 4.11. The number of benzene rings is 1. The summed E-state index contributed by atoms with van der Waals surface area (Å²) in [5, 5.41) is 3.35. The molecule has 120 valence electrons. The zero-order valence-corrected chi connectivity index (χ0v) is 14.5. The number of anilines is 1. The lowest BCUT2D eigenvalue weighted by atomic mass is 10.3. The van der Waals surface area contributed by atoms with Crippen LogP contribution in [0.25, 0.3) is 0 Å². The Morgan fingerprint density at radius 3 is 3.00 bits per heavy atom. The number of hydrogen-bond acceptors (Lipinski definition) is 3. The van der Waals surface area contributed by atoms with E-state index in [4.69, 9.17) is 16.3 Å². The minimum Gasteiger partial charge on any atom is -0.487 e. The van der Waals surface area contributed by atoms with Crippen LogP contribution in [0.2, 0.25) is 5.02 Å². The van der Waals surface area contributed by atoms with Crippen LogP contribution in [0.15, 0.2) is 47.2 Å². The first-order valence-corrected chi connectivity index (χ1v) is 8.37. The van der Waals surface area contributed by atoms with Crippen molar-refractivity contribution in [1.82, 2.24) is 9.88 Å². The quantitative estimate of drug-likeness (QED) is 0.846. The largest absolute Gasteiger partial charge is 0.487 e. The highest BCUT2D eigenvalue weighted by atomic mass is 79.9. The van der Waals surface area contributed by atoms with Crippen molar-refractivity contribution < 1.29 is 9.53 Å². The number of para-hydroxylation sites is 1. The number of ether oxygens (including phenoxy) is 1. The second-order valence-electron chi connectivity index (χ2n) is 5.19. The molecular formula is C16H15BrClN3O2. The number of urea groups is 1. The summed E-state index contributed by atoms with van der Waals surface area (Å²) in [7, 11) is 0. The molecule has 1 aromatic carbocycles. The maximum atomic E-state index is 12.3. The fraction of sp³-hybridized carbons (Fsp3) is 0.250. The molecule has 0 spiro atoms. The van der Waals surface area contributed by atoms with Gasteiger partial charge in [-0.3, -0.25) is 4.98 Å². The van der Waals surface area contributed by atoms with Gasteiger partial charge in [-0.1, -0.05) is 23.7 Å². The number of pyridine rings is 1. The minimum absolute atomic E-state index is 0.0364. The van der Waals surface area contributed by atoms with E-state index in [1.165, 1.54) is 0 Å². The highest BCUT2D eigenvalue weighted by Crippen LogP contribution is 2.27. The number of halogens is 2. The van der Waals surface area contributed by atoms with Gasteiger partial charge in [0.15, 0.2) is 0 Å². The van der Waals surface area contributed by atoms with Gasteiger partial charge < -0.3 is 15.0 Å². The Kier molecular flexibility index (Phi) is 5.03. The van der Waals surface area contributed by atoms with E-state index >= 15 is 0 Å². The van der Waals surface area contributed by atoms with E-state index < -0.39 is 0 Å². The third kappa shape index (κ3) is 3.95. The second kappa shape index (κ2) is 7.19. The van der Waals surface area contributed by atoms with Crippen LogP contribution in [0.4, 0.5) is 10.5 Å². The van der Waals surface area contributed by atoms with Crippen molar-refractivity contribution in [3.05, 3.63) is 52.2 Å². The van der Waals surface area contributed by atoms with Crippen LogP contribution >= 0.6 is 27.5 Å². The first-order chi connectivity index (χ1) is 11.1. The maximum Gasteiger partial charge on any atom is 0.322 e. The topological polar surface area (TPSA) is 54.5 Å². The van der Waals surface area contributed by atoms with Crippen LogP contribution in [-0.4, -0.2) is 35.1 Å². The molecule has 3 rings (SSSR count). The van der Waals surface area contributed by atoms with Crippen LogP contribution in [0.1, 0.15) is 6.42 Å². The van der Waals surface area contributed by atoms with Gasteiger partial charge in [-0.15, -0.1) is 0 Å². The van der Waals surface area contributed by atoms with Gasteiger partial charge in [-0.25, -0.2) is 4.79 Å². The molecule has 0 bridgehead atoms. The van der Waals surface area contributed by atoms with Crippen LogP contribution in [0.3, 0.4) is 0 Å². The molecule has 2 heterocycles. The van der Waals surface area contributed by atoms with Crippen LogP contribution in [-0.2, 0) is 0 Å². The SMILES string of the molecule is O=C(Nc1ccccc1Cl)N1CCC(Oc2ccncc2Br)C1. The number of aromatic nitrogens is 1. The van der Waals surface area contributed by atoms with E-state index in [2.05, 4.69) is 26.2 Å². The zero-order valence-electron chi connectivity index (χ0n) is 12.2. The van der Waals surface area contributed by atoms with Crippen molar-refractivity contribution in [3.63, 3.8) is 0 Å². The van der Waals surface area contributed by atoms with E-state index in [9.17, 15) is 4.79 Å². The Morgan fingerprint density at radius 1 is 1.39 bits per heavy atom. The Balaban J connectivity index is 1.58. The van der Waals surface area contributed by atoms with Gasteiger partial charge in [0.05, 0.1) is 21.7 Å². The first kappa shape index (κ1) is 16.1. The normalized spacial score (nSPS) is 17.1. The fourth-order valence-electron chi connectivity index (χ4n) is 2.40. The average Bonchev–Trinajstić information content (AvgIpc) is 3.01. The van der Waals surface area contributed by atoms with Crippen LogP contribution in [0.5, 0.6) is 5.75 Å². The molecule has 5 nitrogen and oxygen atoms in total. The fourth-order valence-corrected chi connectivity index (χ4v) is 2.93. The first-order valence-electron chi connectivity index (χ1n) is 7.20. The van der Waals surface area contributed by atoms with Gasteiger partial charge in [0.1, 0.15) is 11.9 Å². The van der Waals surface area contributed by atoms with E-state index in [-0.39, 0.29) is 12.1 Å². The standard InChI is InChI=1S/C16H15BrClN3O2/c17-12-9-19-7-5-15(12)23-11-6-8-21(10-11)16(22)20-14-4-2-1-3-13(14)18/h1-5,7,9,11H,6,8,10H2,(H,20,22). The molecular weight excluding hydrogens is 382 g/mol. The highest BCUT2D eigenvalue weighted by Gasteiger charge is 2.28. The molecule has 0 aliphatic carbocycles. The Morgan fingerprint density at radius 2 is 2.22 bits per heavy atom. The van der Waals surface area contributed by atoms with Crippen LogP contribution < -0.4 is 10.1 Å². The summed E-state index contributed by atoms with van der Waals surface area (Å²) in [4.78, 5) is 18.0. The molecule has 7 heteroatoms. The minimum atomic E-state index is -0.169. The van der Waals surface area contributed by atoms with E-state index in [0.29, 0.717) is 23.8 Å². The Hall–Kier alpha value is -1.79. The van der Waals surface area contributed by atoms with Crippen molar-refractivity contribution in [2.24, 2.45) is 0 Å². The monoisotopic (exact) mass is 395 g/mol. The smallest absolute Gasteiger partial charge is 0.322 e. The molecule has 0 radical (unpaired) electrons. The molecule has 1 atom stereocenters. The summed E-state index contributed by atoms with van der Waals surface area (Å²) in [5.41, 5.74) is 0.611. The number of nitrogens with zero attached hydrogens (tertiary/aromatic N) is 2. The highest BCUT2D eigenvalue weighted by molar-refractivity contribution is 9.10. The van der Waals surface area contributed by atoms with Gasteiger partial charge in [0, 0.05) is 25.4 Å². The van der Waals surface area contributed by atoms with E-state index in [0.717, 1.165) is 16.6 Å². The number of nitrogens with one attached hydrogen (secondary N) is 1. The van der Waals surface area contributed by atoms with Gasteiger partial charge in [0.2, 0.25) is 0 Å². The molecule has 2 amide bonds. The number of carbonyl (C=O) groups excluding carboxylic acids is 1.